The van der Waals surface area contributed by atoms with Gasteiger partial charge in [0.1, 0.15) is 6.61 Å². The van der Waals surface area contributed by atoms with Gasteiger partial charge in [0.2, 0.25) is 0 Å². The zero-order valence-corrected chi connectivity index (χ0v) is 15.6. The summed E-state index contributed by atoms with van der Waals surface area (Å²) in [6.07, 6.45) is 11.4. The lowest BCUT2D eigenvalue weighted by molar-refractivity contribution is -0.136. The molecular weight excluding hydrogens is 312 g/mol. The van der Waals surface area contributed by atoms with Gasteiger partial charge < -0.3 is 4.74 Å². The second-order valence-corrected chi connectivity index (χ2v) is 9.96. The molecule has 0 aromatic heterocycles. The van der Waals surface area contributed by atoms with E-state index in [0.29, 0.717) is 36.4 Å². The third-order valence-corrected chi connectivity index (χ3v) is 9.24. The highest BCUT2D eigenvalue weighted by atomic mass is 16.5. The fraction of sp³-hybridized carbons (Fsp3) is 0.818. The van der Waals surface area contributed by atoms with Crippen LogP contribution < -0.4 is 0 Å². The molecule has 0 aromatic carbocycles. The highest BCUT2D eigenvalue weighted by Crippen LogP contribution is 2.69. The van der Waals surface area contributed by atoms with Gasteiger partial charge in [-0.3, -0.25) is 9.59 Å². The van der Waals surface area contributed by atoms with Crippen LogP contribution in [-0.2, 0) is 14.3 Å². The van der Waals surface area contributed by atoms with E-state index in [4.69, 9.17) is 4.74 Å². The number of hydrogen-bond acceptors (Lipinski definition) is 3. The number of fused-ring (bicyclic) bond motifs is 6. The molecule has 0 amide bonds. The molecule has 1 unspecified atom stereocenters. The Morgan fingerprint density at radius 2 is 1.80 bits per heavy atom. The minimum Gasteiger partial charge on any atom is -0.366 e. The van der Waals surface area contributed by atoms with Crippen LogP contribution in [0.2, 0.25) is 0 Å². The first-order chi connectivity index (χ1) is 11.9. The molecule has 1 saturated heterocycles. The van der Waals surface area contributed by atoms with Crippen molar-refractivity contribution in [1.82, 2.24) is 0 Å². The van der Waals surface area contributed by atoms with E-state index in [1.807, 2.05) is 6.08 Å². The highest BCUT2D eigenvalue weighted by Gasteiger charge is 2.66. The fourth-order valence-corrected chi connectivity index (χ4v) is 7.82. The molecule has 4 fully saturated rings. The minimum atomic E-state index is -0.167. The Balaban J connectivity index is 1.49. The molecule has 5 aliphatic rings. The summed E-state index contributed by atoms with van der Waals surface area (Å²) in [5.41, 5.74) is 1.68. The van der Waals surface area contributed by atoms with Crippen molar-refractivity contribution in [2.45, 2.75) is 77.2 Å². The second-order valence-electron chi connectivity index (χ2n) is 9.96. The Morgan fingerprint density at radius 1 is 1.00 bits per heavy atom. The Kier molecular flexibility index (Phi) is 3.28. The van der Waals surface area contributed by atoms with Crippen LogP contribution in [0.1, 0.15) is 71.6 Å². The fourth-order valence-electron chi connectivity index (χ4n) is 7.82. The molecule has 3 heteroatoms. The smallest absolute Gasteiger partial charge is 0.161 e. The topological polar surface area (TPSA) is 43.4 Å². The number of ether oxygens (including phenoxy) is 1. The van der Waals surface area contributed by atoms with E-state index >= 15 is 0 Å². The van der Waals surface area contributed by atoms with Gasteiger partial charge >= 0.3 is 0 Å². The summed E-state index contributed by atoms with van der Waals surface area (Å²) in [7, 11) is 0. The van der Waals surface area contributed by atoms with Crippen molar-refractivity contribution in [2.75, 3.05) is 6.61 Å². The zero-order valence-electron chi connectivity index (χ0n) is 15.6. The molecule has 1 heterocycles. The zero-order chi connectivity index (χ0) is 17.4. The van der Waals surface area contributed by atoms with Crippen LogP contribution >= 0.6 is 0 Å². The average molecular weight is 342 g/mol. The van der Waals surface area contributed by atoms with Crippen molar-refractivity contribution < 1.29 is 14.3 Å². The number of rotatable bonds is 0. The maximum absolute atomic E-state index is 12.0. The van der Waals surface area contributed by atoms with E-state index in [0.717, 1.165) is 31.6 Å². The third kappa shape index (κ3) is 1.97. The molecule has 3 nitrogen and oxygen atoms in total. The van der Waals surface area contributed by atoms with E-state index < -0.39 is 0 Å². The lowest BCUT2D eigenvalue weighted by Crippen LogP contribution is -2.54. The highest BCUT2D eigenvalue weighted by molar-refractivity contribution is 5.91. The van der Waals surface area contributed by atoms with E-state index in [-0.39, 0.29) is 16.4 Å². The summed E-state index contributed by atoms with van der Waals surface area (Å²) in [4.78, 5) is 23.9. The molecule has 136 valence electrons. The molecule has 3 saturated carbocycles. The number of carbonyl (C=O) groups excluding carboxylic acids is 2. The van der Waals surface area contributed by atoms with Crippen LogP contribution in [0.5, 0.6) is 0 Å². The number of hydrogen-bond donors (Lipinski definition) is 0. The van der Waals surface area contributed by atoms with Crippen LogP contribution in [0, 0.1) is 28.6 Å². The van der Waals surface area contributed by atoms with Gasteiger partial charge in [0, 0.05) is 18.3 Å². The molecular formula is C22H30O3. The second kappa shape index (κ2) is 5.06. The first-order valence-electron chi connectivity index (χ1n) is 10.3. The lowest BCUT2D eigenvalue weighted by atomic mass is 9.46. The van der Waals surface area contributed by atoms with Crippen LogP contribution in [0.15, 0.2) is 11.6 Å². The van der Waals surface area contributed by atoms with Gasteiger partial charge in [-0.2, -0.15) is 0 Å². The summed E-state index contributed by atoms with van der Waals surface area (Å²) >= 11 is 0. The molecule has 5 rings (SSSR count). The first-order valence-corrected chi connectivity index (χ1v) is 10.3. The number of ketones is 2. The number of allylic oxidation sites excluding steroid dienone is 1. The van der Waals surface area contributed by atoms with Gasteiger partial charge in [-0.15, -0.1) is 0 Å². The monoisotopic (exact) mass is 342 g/mol. The van der Waals surface area contributed by atoms with Gasteiger partial charge in [-0.05, 0) is 74.2 Å². The summed E-state index contributed by atoms with van der Waals surface area (Å²) in [5, 5.41) is 0. The Hall–Kier alpha value is -0.960. The van der Waals surface area contributed by atoms with Gasteiger partial charge in [0.05, 0.1) is 5.60 Å². The summed E-state index contributed by atoms with van der Waals surface area (Å²) in [6.45, 7) is 5.20. The van der Waals surface area contributed by atoms with Crippen molar-refractivity contribution in [3.05, 3.63) is 11.6 Å². The quantitative estimate of drug-likeness (QED) is 0.661. The predicted molar refractivity (Wildman–Crippen MR) is 95.0 cm³/mol. The number of carbonyl (C=O) groups is 2. The van der Waals surface area contributed by atoms with Crippen LogP contribution in [0.4, 0.5) is 0 Å². The van der Waals surface area contributed by atoms with Crippen molar-refractivity contribution in [1.29, 1.82) is 0 Å². The molecule has 0 N–H and O–H groups in total. The van der Waals surface area contributed by atoms with Crippen molar-refractivity contribution in [2.24, 2.45) is 28.6 Å². The van der Waals surface area contributed by atoms with Crippen molar-refractivity contribution in [3.8, 4) is 0 Å². The van der Waals surface area contributed by atoms with Crippen molar-refractivity contribution in [3.63, 3.8) is 0 Å². The SMILES string of the molecule is C[C@]12CCC(=O)C=C1CC[C@@H]1[C@@H]2CC[C@@]2(C)[C@H]1CCC21CC(=O)CO1. The molecule has 6 atom stereocenters. The summed E-state index contributed by atoms with van der Waals surface area (Å²) in [5.74, 6) is 2.78. The van der Waals surface area contributed by atoms with Crippen LogP contribution in [-0.4, -0.2) is 23.8 Å². The lowest BCUT2D eigenvalue weighted by Gasteiger charge is -2.59. The van der Waals surface area contributed by atoms with Crippen molar-refractivity contribution >= 4 is 11.6 Å². The summed E-state index contributed by atoms with van der Waals surface area (Å²) < 4.78 is 6.21. The van der Waals surface area contributed by atoms with Gasteiger partial charge in [0.25, 0.3) is 0 Å². The third-order valence-electron chi connectivity index (χ3n) is 9.24. The van der Waals surface area contributed by atoms with E-state index in [1.54, 1.807) is 0 Å². The van der Waals surface area contributed by atoms with E-state index in [2.05, 4.69) is 13.8 Å². The Morgan fingerprint density at radius 3 is 2.56 bits per heavy atom. The molecule has 1 spiro atoms. The molecule has 25 heavy (non-hydrogen) atoms. The Bertz CT molecular complexity index is 679. The molecule has 1 aliphatic heterocycles. The maximum Gasteiger partial charge on any atom is 0.161 e. The molecule has 0 radical (unpaired) electrons. The number of Topliss-reactive ketones (excluding diaryl/α,β-unsaturated/α-hetero) is 1. The van der Waals surface area contributed by atoms with Gasteiger partial charge in [-0.25, -0.2) is 0 Å². The predicted octanol–water partition coefficient (Wildman–Crippen LogP) is 4.25. The van der Waals surface area contributed by atoms with E-state index in [9.17, 15) is 9.59 Å². The molecule has 4 aliphatic carbocycles. The van der Waals surface area contributed by atoms with E-state index in [1.165, 1.54) is 31.3 Å². The van der Waals surface area contributed by atoms with Crippen LogP contribution in [0.25, 0.3) is 0 Å². The maximum atomic E-state index is 12.0. The standard InChI is InChI=1S/C22H30O3/c1-20-8-5-15(23)11-14(20)3-4-17-18(20)6-9-21(2)19(17)7-10-22(21)12-16(24)13-25-22/h11,17-19H,3-10,12-13H2,1-2H3/t17-,18+,19+,20+,21+,22?/m1/s1. The Labute approximate surface area is 150 Å². The van der Waals surface area contributed by atoms with Gasteiger partial charge in [0.15, 0.2) is 11.6 Å². The average Bonchev–Trinajstić information content (AvgIpc) is 3.10. The van der Waals surface area contributed by atoms with Crippen LogP contribution in [0.3, 0.4) is 0 Å². The minimum absolute atomic E-state index is 0.167. The normalized spacial score (nSPS) is 51.9. The largest absolute Gasteiger partial charge is 0.366 e. The molecule has 0 aromatic rings. The first kappa shape index (κ1) is 16.2. The molecule has 0 bridgehead atoms. The summed E-state index contributed by atoms with van der Waals surface area (Å²) in [6, 6.07) is 0. The van der Waals surface area contributed by atoms with Gasteiger partial charge in [-0.1, -0.05) is 19.4 Å².